The molecule has 0 spiro atoms. The highest BCUT2D eigenvalue weighted by Gasteiger charge is 2.51. The molecule has 8 atom stereocenters. The van der Waals surface area contributed by atoms with Crippen molar-refractivity contribution in [2.75, 3.05) is 0 Å². The summed E-state index contributed by atoms with van der Waals surface area (Å²) >= 11 is 0. The molecular formula is C20H20. The van der Waals surface area contributed by atoms with Crippen LogP contribution in [0.5, 0.6) is 0 Å². The second-order valence-electron chi connectivity index (χ2n) is 7.69. The van der Waals surface area contributed by atoms with Crippen molar-refractivity contribution >= 4 is 0 Å². The Morgan fingerprint density at radius 3 is 1.50 bits per heavy atom. The molecule has 0 saturated heterocycles. The Balaban J connectivity index is 1.48. The highest BCUT2D eigenvalue weighted by Crippen LogP contribution is 2.61. The molecule has 0 N–H and O–H groups in total. The van der Waals surface area contributed by atoms with Crippen LogP contribution in [0.1, 0.15) is 12.8 Å². The zero-order valence-corrected chi connectivity index (χ0v) is 11.7. The molecule has 0 nitrogen and oxygen atoms in total. The van der Waals surface area contributed by atoms with E-state index in [2.05, 4.69) is 48.6 Å². The molecule has 2 saturated carbocycles. The van der Waals surface area contributed by atoms with Gasteiger partial charge in [-0.05, 0) is 48.3 Å². The van der Waals surface area contributed by atoms with Crippen LogP contribution in [-0.4, -0.2) is 0 Å². The molecule has 6 aliphatic carbocycles. The van der Waals surface area contributed by atoms with Crippen LogP contribution in [0.15, 0.2) is 59.8 Å². The average molecular weight is 260 g/mol. The van der Waals surface area contributed by atoms with Gasteiger partial charge in [0.15, 0.2) is 0 Å². The molecule has 0 heterocycles. The lowest BCUT2D eigenvalue weighted by molar-refractivity contribution is 0.402. The van der Waals surface area contributed by atoms with Crippen molar-refractivity contribution in [1.82, 2.24) is 0 Å². The highest BCUT2D eigenvalue weighted by atomic mass is 14.6. The molecule has 0 aromatic carbocycles. The number of rotatable bonds is 0. The number of hydrogen-bond donors (Lipinski definition) is 0. The van der Waals surface area contributed by atoms with E-state index in [1.165, 1.54) is 12.8 Å². The Hall–Kier alpha value is -1.30. The third kappa shape index (κ3) is 1.05. The van der Waals surface area contributed by atoms with E-state index in [9.17, 15) is 0 Å². The van der Waals surface area contributed by atoms with Crippen LogP contribution in [0.2, 0.25) is 0 Å². The predicted octanol–water partition coefficient (Wildman–Crippen LogP) is 4.30. The Morgan fingerprint density at radius 2 is 1.00 bits per heavy atom. The monoisotopic (exact) mass is 260 g/mol. The average Bonchev–Trinajstić information content (AvgIpc) is 3.18. The van der Waals surface area contributed by atoms with E-state index in [1.54, 1.807) is 0 Å². The largest absolute Gasteiger partial charge is 0.0842 e. The minimum Gasteiger partial charge on any atom is -0.0842 e. The van der Waals surface area contributed by atoms with Crippen molar-refractivity contribution in [3.8, 4) is 0 Å². The maximum atomic E-state index is 2.54. The summed E-state index contributed by atoms with van der Waals surface area (Å²) in [4.78, 5) is 0. The third-order valence-electron chi connectivity index (χ3n) is 7.08. The lowest BCUT2D eigenvalue weighted by Crippen LogP contribution is -2.12. The van der Waals surface area contributed by atoms with E-state index in [0.717, 1.165) is 47.3 Å². The van der Waals surface area contributed by atoms with Crippen molar-refractivity contribution in [2.24, 2.45) is 47.3 Å². The van der Waals surface area contributed by atoms with Gasteiger partial charge in [0.05, 0.1) is 0 Å². The molecule has 2 fully saturated rings. The van der Waals surface area contributed by atoms with Crippen molar-refractivity contribution < 1.29 is 0 Å². The van der Waals surface area contributed by atoms with Gasteiger partial charge in [-0.25, -0.2) is 0 Å². The van der Waals surface area contributed by atoms with E-state index in [4.69, 9.17) is 0 Å². The van der Waals surface area contributed by atoms with Crippen molar-refractivity contribution in [3.63, 3.8) is 0 Å². The van der Waals surface area contributed by atoms with Crippen molar-refractivity contribution in [1.29, 1.82) is 0 Å². The van der Waals surface area contributed by atoms with Crippen LogP contribution in [0.3, 0.4) is 0 Å². The first-order valence-corrected chi connectivity index (χ1v) is 8.35. The summed E-state index contributed by atoms with van der Waals surface area (Å²) in [6.45, 7) is 0. The van der Waals surface area contributed by atoms with Crippen LogP contribution in [0.25, 0.3) is 0 Å². The molecule has 0 aromatic heterocycles. The van der Waals surface area contributed by atoms with Gasteiger partial charge in [-0.3, -0.25) is 0 Å². The normalized spacial score (nSPS) is 59.2. The summed E-state index contributed by atoms with van der Waals surface area (Å²) in [5.74, 6) is 6.57. The van der Waals surface area contributed by atoms with Gasteiger partial charge < -0.3 is 0 Å². The van der Waals surface area contributed by atoms with E-state index >= 15 is 0 Å². The van der Waals surface area contributed by atoms with Crippen LogP contribution in [-0.2, 0) is 0 Å². The fourth-order valence-corrected chi connectivity index (χ4v) is 6.35. The van der Waals surface area contributed by atoms with Crippen molar-refractivity contribution in [3.05, 3.63) is 59.8 Å². The molecule has 20 heavy (non-hydrogen) atoms. The molecule has 6 rings (SSSR count). The minimum absolute atomic E-state index is 0.760. The van der Waals surface area contributed by atoms with Crippen LogP contribution >= 0.6 is 0 Å². The number of hydrogen-bond acceptors (Lipinski definition) is 0. The number of allylic oxidation sites excluding steroid dienone is 10. The van der Waals surface area contributed by atoms with E-state index in [-0.39, 0.29) is 0 Å². The minimum atomic E-state index is 0.760. The summed E-state index contributed by atoms with van der Waals surface area (Å²) in [7, 11) is 0. The maximum absolute atomic E-state index is 2.54. The van der Waals surface area contributed by atoms with Crippen molar-refractivity contribution in [2.45, 2.75) is 12.8 Å². The topological polar surface area (TPSA) is 0 Å². The summed E-state index contributed by atoms with van der Waals surface area (Å²) in [6, 6.07) is 0. The van der Waals surface area contributed by atoms with Gasteiger partial charge in [0.1, 0.15) is 0 Å². The molecule has 0 aromatic rings. The molecule has 0 radical (unpaired) electrons. The zero-order chi connectivity index (χ0) is 12.8. The second kappa shape index (κ2) is 3.30. The Morgan fingerprint density at radius 1 is 0.550 bits per heavy atom. The molecule has 100 valence electrons. The maximum Gasteiger partial charge on any atom is 0.00227 e. The van der Waals surface area contributed by atoms with Gasteiger partial charge in [0.2, 0.25) is 0 Å². The van der Waals surface area contributed by atoms with Crippen LogP contribution < -0.4 is 0 Å². The molecule has 6 aliphatic rings. The fraction of sp³-hybridized carbons (Fsp3) is 0.500. The first-order valence-electron chi connectivity index (χ1n) is 8.35. The fourth-order valence-electron chi connectivity index (χ4n) is 6.35. The molecular weight excluding hydrogens is 240 g/mol. The van der Waals surface area contributed by atoms with Gasteiger partial charge in [0.25, 0.3) is 0 Å². The van der Waals surface area contributed by atoms with Gasteiger partial charge in [-0.2, -0.15) is 0 Å². The molecule has 0 heteroatoms. The first-order chi connectivity index (χ1) is 9.90. The van der Waals surface area contributed by atoms with E-state index in [0.29, 0.717) is 0 Å². The van der Waals surface area contributed by atoms with Gasteiger partial charge >= 0.3 is 0 Å². The molecule has 0 bridgehead atoms. The Labute approximate surface area is 120 Å². The zero-order valence-electron chi connectivity index (χ0n) is 11.7. The second-order valence-corrected chi connectivity index (χ2v) is 7.69. The SMILES string of the molecule is C1=CC2C/C(=C3\CC4C=CC5C=CC3[C@@H]54)C3C=CC1[C@H]23. The predicted molar refractivity (Wildman–Crippen MR) is 80.7 cm³/mol. The van der Waals surface area contributed by atoms with E-state index in [1.807, 2.05) is 11.1 Å². The van der Waals surface area contributed by atoms with Crippen LogP contribution in [0, 0.1) is 47.3 Å². The smallest absolute Gasteiger partial charge is 0.00227 e. The molecule has 0 amide bonds. The van der Waals surface area contributed by atoms with E-state index < -0.39 is 0 Å². The standard InChI is InChI=1S/C20H20/c1-3-13-9-17(15-7-5-11(1)19(13)15)18-10-14-4-2-12-6-8-16(18)20(12)14/h1-8,11-16,19-20H,9-10H2/b18-17-/t11?,12?,13?,14?,15?,16?,19-,20+. The summed E-state index contributed by atoms with van der Waals surface area (Å²) in [5, 5.41) is 0. The Bertz CT molecular complexity index is 585. The summed E-state index contributed by atoms with van der Waals surface area (Å²) < 4.78 is 0. The van der Waals surface area contributed by atoms with Gasteiger partial charge in [-0.15, -0.1) is 0 Å². The summed E-state index contributed by atoms with van der Waals surface area (Å²) in [5.41, 5.74) is 3.70. The quantitative estimate of drug-likeness (QED) is 0.570. The Kier molecular flexibility index (Phi) is 1.72. The van der Waals surface area contributed by atoms with Gasteiger partial charge in [0, 0.05) is 11.8 Å². The summed E-state index contributed by atoms with van der Waals surface area (Å²) in [6.07, 6.45) is 22.7. The molecule has 0 aliphatic heterocycles. The lowest BCUT2D eigenvalue weighted by Gasteiger charge is -2.19. The lowest BCUT2D eigenvalue weighted by atomic mass is 9.85. The highest BCUT2D eigenvalue weighted by molar-refractivity contribution is 5.44. The molecule has 6 unspecified atom stereocenters. The third-order valence-corrected chi connectivity index (χ3v) is 7.08. The first kappa shape index (κ1) is 10.4. The van der Waals surface area contributed by atoms with Gasteiger partial charge in [-0.1, -0.05) is 59.8 Å². The van der Waals surface area contributed by atoms with Crippen LogP contribution in [0.4, 0.5) is 0 Å².